The molecule has 72 valence electrons. The van der Waals surface area contributed by atoms with Crippen molar-refractivity contribution in [1.29, 1.82) is 0 Å². The molecule has 0 saturated heterocycles. The molecule has 0 amide bonds. The van der Waals surface area contributed by atoms with E-state index >= 15 is 0 Å². The molecular formula is C9H5F2NO2. The van der Waals surface area contributed by atoms with Gasteiger partial charge in [0.1, 0.15) is 11.4 Å². The molecule has 0 unspecified atom stereocenters. The van der Waals surface area contributed by atoms with Crippen molar-refractivity contribution in [2.45, 2.75) is 0 Å². The summed E-state index contributed by atoms with van der Waals surface area (Å²) in [6, 6.07) is 2.45. The zero-order valence-electron chi connectivity index (χ0n) is 6.84. The first-order valence-electron chi connectivity index (χ1n) is 3.79. The normalized spacial score (nSPS) is 10.7. The first kappa shape index (κ1) is 8.68. The molecule has 0 spiro atoms. The molecule has 0 radical (unpaired) electrons. The van der Waals surface area contributed by atoms with Crippen LogP contribution >= 0.6 is 0 Å². The molecule has 0 fully saturated rings. The van der Waals surface area contributed by atoms with Gasteiger partial charge in [0.2, 0.25) is 0 Å². The number of hydrogen-bond acceptors (Lipinski definition) is 1. The molecule has 2 rings (SSSR count). The Morgan fingerprint density at radius 3 is 2.79 bits per heavy atom. The van der Waals surface area contributed by atoms with Crippen molar-refractivity contribution in [3.05, 3.63) is 35.5 Å². The number of nitrogens with one attached hydrogen (secondary N) is 1. The van der Waals surface area contributed by atoms with E-state index in [1.54, 1.807) is 0 Å². The van der Waals surface area contributed by atoms with Crippen molar-refractivity contribution in [3.63, 3.8) is 0 Å². The van der Waals surface area contributed by atoms with Gasteiger partial charge in [0.15, 0.2) is 5.82 Å². The predicted molar refractivity (Wildman–Crippen MR) is 45.2 cm³/mol. The van der Waals surface area contributed by atoms with E-state index in [-0.39, 0.29) is 5.52 Å². The summed E-state index contributed by atoms with van der Waals surface area (Å²) < 4.78 is 26.4. The summed E-state index contributed by atoms with van der Waals surface area (Å²) in [5, 5.41) is 8.86. The van der Waals surface area contributed by atoms with Crippen LogP contribution in [0.25, 0.3) is 10.9 Å². The fourth-order valence-corrected chi connectivity index (χ4v) is 1.33. The van der Waals surface area contributed by atoms with E-state index in [1.165, 1.54) is 12.3 Å². The summed E-state index contributed by atoms with van der Waals surface area (Å²) in [4.78, 5) is 13.0. The lowest BCUT2D eigenvalue weighted by atomic mass is 10.1. The third-order valence-corrected chi connectivity index (χ3v) is 1.95. The average Bonchev–Trinajstić information content (AvgIpc) is 2.50. The number of aromatic nitrogens is 1. The Labute approximate surface area is 77.0 Å². The second kappa shape index (κ2) is 2.80. The van der Waals surface area contributed by atoms with Crippen LogP contribution in [0.2, 0.25) is 0 Å². The Morgan fingerprint density at radius 1 is 1.43 bits per heavy atom. The number of rotatable bonds is 1. The number of carboxylic acids is 1. The van der Waals surface area contributed by atoms with E-state index in [1.807, 2.05) is 0 Å². The summed E-state index contributed by atoms with van der Waals surface area (Å²) in [6.07, 6.45) is 1.42. The zero-order chi connectivity index (χ0) is 10.3. The lowest BCUT2D eigenvalue weighted by Gasteiger charge is -2.00. The lowest BCUT2D eigenvalue weighted by Crippen LogP contribution is -2.04. The number of benzene rings is 1. The van der Waals surface area contributed by atoms with Crippen LogP contribution in [-0.4, -0.2) is 16.1 Å². The zero-order valence-corrected chi connectivity index (χ0v) is 6.84. The molecule has 1 aromatic carbocycles. The molecule has 14 heavy (non-hydrogen) atoms. The van der Waals surface area contributed by atoms with E-state index < -0.39 is 23.2 Å². The quantitative estimate of drug-likeness (QED) is 0.735. The van der Waals surface area contributed by atoms with Gasteiger partial charge < -0.3 is 10.1 Å². The predicted octanol–water partition coefficient (Wildman–Crippen LogP) is 2.14. The number of carbonyl (C=O) groups is 1. The van der Waals surface area contributed by atoms with Crippen molar-refractivity contribution >= 4 is 16.9 Å². The molecule has 2 aromatic rings. The monoisotopic (exact) mass is 197 g/mol. The maximum Gasteiger partial charge on any atom is 0.341 e. The molecule has 0 atom stereocenters. The van der Waals surface area contributed by atoms with Gasteiger partial charge in [0, 0.05) is 11.6 Å². The van der Waals surface area contributed by atoms with Crippen molar-refractivity contribution < 1.29 is 18.7 Å². The van der Waals surface area contributed by atoms with Gasteiger partial charge in [-0.05, 0) is 12.1 Å². The van der Waals surface area contributed by atoms with Gasteiger partial charge in [0.05, 0.1) is 5.52 Å². The highest BCUT2D eigenvalue weighted by Gasteiger charge is 2.19. The van der Waals surface area contributed by atoms with Crippen LogP contribution in [0.1, 0.15) is 10.4 Å². The van der Waals surface area contributed by atoms with Gasteiger partial charge in [-0.25, -0.2) is 13.6 Å². The number of hydrogen-bond donors (Lipinski definition) is 2. The van der Waals surface area contributed by atoms with Crippen LogP contribution in [0, 0.1) is 11.6 Å². The van der Waals surface area contributed by atoms with Gasteiger partial charge in [-0.3, -0.25) is 0 Å². The molecular weight excluding hydrogens is 192 g/mol. The third kappa shape index (κ3) is 1.06. The van der Waals surface area contributed by atoms with Gasteiger partial charge in [-0.2, -0.15) is 0 Å². The molecule has 0 aliphatic carbocycles. The van der Waals surface area contributed by atoms with Crippen molar-refractivity contribution in [1.82, 2.24) is 4.98 Å². The Balaban J connectivity index is 2.89. The second-order valence-electron chi connectivity index (χ2n) is 2.79. The topological polar surface area (TPSA) is 53.1 Å². The van der Waals surface area contributed by atoms with Gasteiger partial charge >= 0.3 is 5.97 Å². The van der Waals surface area contributed by atoms with Gasteiger partial charge in [-0.15, -0.1) is 0 Å². The van der Waals surface area contributed by atoms with Crippen molar-refractivity contribution in [3.8, 4) is 0 Å². The number of carboxylic acid groups (broad SMARTS) is 1. The third-order valence-electron chi connectivity index (χ3n) is 1.95. The van der Waals surface area contributed by atoms with Crippen molar-refractivity contribution in [2.24, 2.45) is 0 Å². The molecule has 0 bridgehead atoms. The SMILES string of the molecule is O=C(O)c1c(F)cc2cc[nH]c2c1F. The Morgan fingerprint density at radius 2 is 2.14 bits per heavy atom. The molecule has 0 saturated carbocycles. The smallest absolute Gasteiger partial charge is 0.341 e. The minimum atomic E-state index is -1.61. The average molecular weight is 197 g/mol. The Kier molecular flexibility index (Phi) is 1.73. The second-order valence-corrected chi connectivity index (χ2v) is 2.79. The van der Waals surface area contributed by atoms with Crippen LogP contribution in [0.3, 0.4) is 0 Å². The summed E-state index contributed by atoms with van der Waals surface area (Å²) in [5.41, 5.74) is -0.927. The Hall–Kier alpha value is -1.91. The van der Waals surface area contributed by atoms with Gasteiger partial charge in [-0.1, -0.05) is 0 Å². The minimum absolute atomic E-state index is 0.00352. The van der Waals surface area contributed by atoms with Crippen LogP contribution in [0.15, 0.2) is 18.3 Å². The number of aromatic amines is 1. The summed E-state index contributed by atoms with van der Waals surface area (Å²) in [7, 11) is 0. The summed E-state index contributed by atoms with van der Waals surface area (Å²) in [6.45, 7) is 0. The molecule has 3 nitrogen and oxygen atoms in total. The van der Waals surface area contributed by atoms with E-state index in [0.717, 1.165) is 6.07 Å². The maximum absolute atomic E-state index is 13.4. The van der Waals surface area contributed by atoms with Gasteiger partial charge in [0.25, 0.3) is 0 Å². The summed E-state index contributed by atoms with van der Waals surface area (Å²) >= 11 is 0. The highest BCUT2D eigenvalue weighted by Crippen LogP contribution is 2.22. The molecule has 1 heterocycles. The van der Waals surface area contributed by atoms with E-state index in [0.29, 0.717) is 5.39 Å². The number of aromatic carboxylic acids is 1. The van der Waals surface area contributed by atoms with Crippen LogP contribution in [0.5, 0.6) is 0 Å². The highest BCUT2D eigenvalue weighted by atomic mass is 19.1. The van der Waals surface area contributed by atoms with Crippen LogP contribution in [-0.2, 0) is 0 Å². The first-order chi connectivity index (χ1) is 6.61. The number of halogens is 2. The molecule has 0 aliphatic heterocycles. The highest BCUT2D eigenvalue weighted by molar-refractivity contribution is 5.94. The first-order valence-corrected chi connectivity index (χ1v) is 3.79. The molecule has 2 N–H and O–H groups in total. The molecule has 0 aliphatic rings. The van der Waals surface area contributed by atoms with E-state index in [9.17, 15) is 13.6 Å². The lowest BCUT2D eigenvalue weighted by molar-refractivity contribution is 0.0687. The fraction of sp³-hybridized carbons (Fsp3) is 0. The maximum atomic E-state index is 13.4. The standard InChI is InChI=1S/C9H5F2NO2/c10-5-3-4-1-2-12-8(4)7(11)6(5)9(13)14/h1-3,12H,(H,13,14). The molecule has 1 aromatic heterocycles. The Bertz CT molecular complexity index is 519. The van der Waals surface area contributed by atoms with Crippen LogP contribution in [0.4, 0.5) is 8.78 Å². The fourth-order valence-electron chi connectivity index (χ4n) is 1.33. The largest absolute Gasteiger partial charge is 0.477 e. The number of fused-ring (bicyclic) bond motifs is 1. The molecule has 5 heteroatoms. The van der Waals surface area contributed by atoms with Crippen LogP contribution < -0.4 is 0 Å². The van der Waals surface area contributed by atoms with Crippen molar-refractivity contribution in [2.75, 3.05) is 0 Å². The minimum Gasteiger partial charge on any atom is -0.477 e. The van der Waals surface area contributed by atoms with E-state index in [2.05, 4.69) is 4.98 Å². The summed E-state index contributed by atoms with van der Waals surface area (Å²) in [5.74, 6) is -3.75. The van der Waals surface area contributed by atoms with E-state index in [4.69, 9.17) is 5.11 Å². The number of H-pyrrole nitrogens is 1.